The van der Waals surface area contributed by atoms with Crippen molar-refractivity contribution >= 4 is 0 Å². The molecule has 2 rings (SSSR count). The maximum absolute atomic E-state index is 10.1. The van der Waals surface area contributed by atoms with Gasteiger partial charge in [-0.25, -0.2) is 0 Å². The number of aromatic hydroxyl groups is 2. The summed E-state index contributed by atoms with van der Waals surface area (Å²) in [7, 11) is 1.47. The molecule has 0 aliphatic rings. The Morgan fingerprint density at radius 2 is 1.71 bits per heavy atom. The lowest BCUT2D eigenvalue weighted by atomic mass is 10.0. The Balaban J connectivity index is 2.68. The van der Waals surface area contributed by atoms with Crippen LogP contribution in [0.1, 0.15) is 5.56 Å². The molecule has 0 unspecified atom stereocenters. The minimum atomic E-state index is 0.0500. The van der Waals surface area contributed by atoms with Gasteiger partial charge in [-0.1, -0.05) is 30.3 Å². The van der Waals surface area contributed by atoms with Gasteiger partial charge in [-0.15, -0.1) is 0 Å². The third-order valence-electron chi connectivity index (χ3n) is 2.76. The maximum Gasteiger partial charge on any atom is 0.167 e. The largest absolute Gasteiger partial charge is 0.508 e. The van der Waals surface area contributed by atoms with Crippen molar-refractivity contribution in [3.05, 3.63) is 42.0 Å². The minimum Gasteiger partial charge on any atom is -0.508 e. The second-order valence-corrected chi connectivity index (χ2v) is 3.82. The molecular weight excluding hydrogens is 216 g/mol. The van der Waals surface area contributed by atoms with Gasteiger partial charge in [-0.3, -0.25) is 0 Å². The summed E-state index contributed by atoms with van der Waals surface area (Å²) in [5, 5.41) is 19.9. The Hall–Kier alpha value is -2.16. The third kappa shape index (κ3) is 1.91. The summed E-state index contributed by atoms with van der Waals surface area (Å²) >= 11 is 0. The highest BCUT2D eigenvalue weighted by Crippen LogP contribution is 2.43. The molecule has 2 aromatic carbocycles. The minimum absolute atomic E-state index is 0.0500. The molecule has 0 aliphatic carbocycles. The van der Waals surface area contributed by atoms with Gasteiger partial charge in [0, 0.05) is 11.1 Å². The smallest absolute Gasteiger partial charge is 0.167 e. The number of benzene rings is 2. The number of hydrogen-bond acceptors (Lipinski definition) is 3. The van der Waals surface area contributed by atoms with Gasteiger partial charge in [0.05, 0.1) is 7.11 Å². The van der Waals surface area contributed by atoms with Crippen molar-refractivity contribution in [1.29, 1.82) is 0 Å². The number of phenolic OH excluding ortho intramolecular Hbond substituents is 2. The summed E-state index contributed by atoms with van der Waals surface area (Å²) in [4.78, 5) is 0. The van der Waals surface area contributed by atoms with Crippen molar-refractivity contribution in [2.45, 2.75) is 6.92 Å². The van der Waals surface area contributed by atoms with E-state index in [9.17, 15) is 10.2 Å². The molecule has 0 spiro atoms. The fourth-order valence-corrected chi connectivity index (χ4v) is 1.82. The topological polar surface area (TPSA) is 49.7 Å². The lowest BCUT2D eigenvalue weighted by Gasteiger charge is -2.13. The van der Waals surface area contributed by atoms with Crippen LogP contribution in [-0.2, 0) is 0 Å². The molecule has 0 atom stereocenters. The van der Waals surface area contributed by atoms with E-state index < -0.39 is 0 Å². The van der Waals surface area contributed by atoms with E-state index in [1.54, 1.807) is 13.0 Å². The van der Waals surface area contributed by atoms with Crippen LogP contribution in [0.25, 0.3) is 11.1 Å². The van der Waals surface area contributed by atoms with Crippen LogP contribution in [0.4, 0.5) is 0 Å². The Morgan fingerprint density at radius 3 is 2.29 bits per heavy atom. The first-order chi connectivity index (χ1) is 8.15. The highest BCUT2D eigenvalue weighted by Gasteiger charge is 2.16. The second-order valence-electron chi connectivity index (χ2n) is 3.82. The number of rotatable bonds is 2. The molecule has 0 saturated heterocycles. The zero-order valence-electron chi connectivity index (χ0n) is 9.77. The van der Waals surface area contributed by atoms with Gasteiger partial charge in [0.1, 0.15) is 5.75 Å². The quantitative estimate of drug-likeness (QED) is 0.779. The molecule has 3 nitrogen and oxygen atoms in total. The summed E-state index contributed by atoms with van der Waals surface area (Å²) in [6.45, 7) is 1.70. The molecule has 17 heavy (non-hydrogen) atoms. The lowest BCUT2D eigenvalue weighted by molar-refractivity contribution is 0.366. The first kappa shape index (κ1) is 11.3. The first-order valence-electron chi connectivity index (χ1n) is 5.30. The van der Waals surface area contributed by atoms with Crippen molar-refractivity contribution in [1.82, 2.24) is 0 Å². The molecule has 0 heterocycles. The molecule has 0 radical (unpaired) electrons. The first-order valence-corrected chi connectivity index (χ1v) is 5.30. The number of ether oxygens (including phenoxy) is 1. The van der Waals surface area contributed by atoms with E-state index in [1.807, 2.05) is 30.3 Å². The van der Waals surface area contributed by atoms with Crippen LogP contribution in [0, 0.1) is 6.92 Å². The van der Waals surface area contributed by atoms with Gasteiger partial charge in [-0.2, -0.15) is 0 Å². The van der Waals surface area contributed by atoms with Gasteiger partial charge >= 0.3 is 0 Å². The zero-order chi connectivity index (χ0) is 12.4. The van der Waals surface area contributed by atoms with Crippen LogP contribution in [0.5, 0.6) is 17.2 Å². The summed E-state index contributed by atoms with van der Waals surface area (Å²) in [5.74, 6) is 0.469. The van der Waals surface area contributed by atoms with E-state index in [-0.39, 0.29) is 11.5 Å². The molecular formula is C14H14O3. The SMILES string of the molecule is COc1c(C)c(O)cc(-c2ccccc2)c1O. The molecule has 0 saturated carbocycles. The fourth-order valence-electron chi connectivity index (χ4n) is 1.82. The normalized spacial score (nSPS) is 10.2. The van der Waals surface area contributed by atoms with Crippen LogP contribution >= 0.6 is 0 Å². The highest BCUT2D eigenvalue weighted by molar-refractivity contribution is 5.76. The van der Waals surface area contributed by atoms with Crippen LogP contribution in [-0.4, -0.2) is 17.3 Å². The molecule has 0 fully saturated rings. The Morgan fingerprint density at radius 1 is 1.06 bits per heavy atom. The van der Waals surface area contributed by atoms with Crippen molar-refractivity contribution in [2.75, 3.05) is 7.11 Å². The lowest BCUT2D eigenvalue weighted by Crippen LogP contribution is -1.91. The van der Waals surface area contributed by atoms with Crippen molar-refractivity contribution in [3.8, 4) is 28.4 Å². The Bertz CT molecular complexity index is 533. The van der Waals surface area contributed by atoms with Crippen LogP contribution < -0.4 is 4.74 Å². The van der Waals surface area contributed by atoms with Crippen molar-refractivity contribution < 1.29 is 14.9 Å². The molecule has 2 aromatic rings. The molecule has 3 heteroatoms. The molecule has 0 aromatic heterocycles. The van der Waals surface area contributed by atoms with Gasteiger partial charge in [0.25, 0.3) is 0 Å². The molecule has 0 bridgehead atoms. The molecule has 0 aliphatic heterocycles. The van der Waals surface area contributed by atoms with E-state index in [0.29, 0.717) is 16.9 Å². The van der Waals surface area contributed by atoms with Crippen LogP contribution in [0.3, 0.4) is 0 Å². The molecule has 0 amide bonds. The van der Waals surface area contributed by atoms with E-state index >= 15 is 0 Å². The summed E-state index contributed by atoms with van der Waals surface area (Å²) in [6.07, 6.45) is 0. The predicted octanol–water partition coefficient (Wildman–Crippen LogP) is 3.08. The maximum atomic E-state index is 10.1. The monoisotopic (exact) mass is 230 g/mol. The van der Waals surface area contributed by atoms with E-state index in [0.717, 1.165) is 5.56 Å². The number of methoxy groups -OCH3 is 1. The van der Waals surface area contributed by atoms with Gasteiger partial charge < -0.3 is 14.9 Å². The Kier molecular flexibility index (Phi) is 2.91. The number of phenols is 2. The highest BCUT2D eigenvalue weighted by atomic mass is 16.5. The van der Waals surface area contributed by atoms with Gasteiger partial charge in [0.15, 0.2) is 11.5 Å². The summed E-state index contributed by atoms with van der Waals surface area (Å²) in [6, 6.07) is 10.9. The van der Waals surface area contributed by atoms with E-state index in [2.05, 4.69) is 0 Å². The van der Waals surface area contributed by atoms with Crippen molar-refractivity contribution in [3.63, 3.8) is 0 Å². The van der Waals surface area contributed by atoms with E-state index in [4.69, 9.17) is 4.74 Å². The molecule has 88 valence electrons. The zero-order valence-corrected chi connectivity index (χ0v) is 9.77. The van der Waals surface area contributed by atoms with Gasteiger partial charge in [0.2, 0.25) is 0 Å². The molecule has 2 N–H and O–H groups in total. The number of hydrogen-bond donors (Lipinski definition) is 2. The third-order valence-corrected chi connectivity index (χ3v) is 2.76. The van der Waals surface area contributed by atoms with Gasteiger partial charge in [-0.05, 0) is 18.6 Å². The van der Waals surface area contributed by atoms with Crippen LogP contribution in [0.2, 0.25) is 0 Å². The average Bonchev–Trinajstić information content (AvgIpc) is 2.36. The Labute approximate surface area is 99.9 Å². The summed E-state index contributed by atoms with van der Waals surface area (Å²) < 4.78 is 5.11. The predicted molar refractivity (Wildman–Crippen MR) is 66.5 cm³/mol. The fraction of sp³-hybridized carbons (Fsp3) is 0.143. The van der Waals surface area contributed by atoms with Crippen molar-refractivity contribution in [2.24, 2.45) is 0 Å². The van der Waals surface area contributed by atoms with Crippen LogP contribution in [0.15, 0.2) is 36.4 Å². The second kappa shape index (κ2) is 4.37. The van der Waals surface area contributed by atoms with E-state index in [1.165, 1.54) is 7.11 Å². The summed E-state index contributed by atoms with van der Waals surface area (Å²) in [5.41, 5.74) is 1.92. The standard InChI is InChI=1S/C14H14O3/c1-9-12(15)8-11(13(16)14(9)17-2)10-6-4-3-5-7-10/h3-8,15-16H,1-2H3. The average molecular weight is 230 g/mol.